The molecule has 1 N–H and O–H groups in total. The molecule has 0 saturated carbocycles. The Hall–Kier alpha value is -2.97. The lowest BCUT2D eigenvalue weighted by Crippen LogP contribution is -2.27. The first kappa shape index (κ1) is 27.6. The smallest absolute Gasteiger partial charge is 0.335 e. The van der Waals surface area contributed by atoms with Crippen LogP contribution in [0.25, 0.3) is 21.9 Å². The number of hydrogen-bond donors (Lipinski definition) is 1. The molecule has 208 valence electrons. The Bertz CT molecular complexity index is 1470. The summed E-state index contributed by atoms with van der Waals surface area (Å²) in [4.78, 5) is 10.0. The predicted molar refractivity (Wildman–Crippen MR) is 153 cm³/mol. The Labute approximate surface area is 229 Å². The van der Waals surface area contributed by atoms with Gasteiger partial charge in [0.1, 0.15) is 5.52 Å². The first-order valence-corrected chi connectivity index (χ1v) is 15.3. The molecule has 5 rings (SSSR count). The number of nitrogens with one attached hydrogen (secondary N) is 1. The maximum Gasteiger partial charge on any atom is 0.335 e. The second-order valence-electron chi connectivity index (χ2n) is 9.74. The Kier molecular flexibility index (Phi) is 8.52. The number of benzene rings is 2. The summed E-state index contributed by atoms with van der Waals surface area (Å²) in [6.07, 6.45) is 4.21. The number of piperidine rings is 1. The van der Waals surface area contributed by atoms with Gasteiger partial charge in [0.05, 0.1) is 56.6 Å². The van der Waals surface area contributed by atoms with Crippen molar-refractivity contribution in [3.05, 3.63) is 59.5 Å². The van der Waals surface area contributed by atoms with E-state index in [2.05, 4.69) is 22.0 Å². The minimum Gasteiger partial charge on any atom is -0.493 e. The molecular weight excluding hydrogens is 515 g/mol. The molecule has 0 bridgehead atoms. The fourth-order valence-electron chi connectivity index (χ4n) is 5.38. The van der Waals surface area contributed by atoms with E-state index in [-0.39, 0.29) is 6.16 Å². The summed E-state index contributed by atoms with van der Waals surface area (Å²) < 4.78 is 37.3. The molecule has 10 heteroatoms. The zero-order valence-electron chi connectivity index (χ0n) is 23.1. The number of pyridine rings is 1. The van der Waals surface area contributed by atoms with Gasteiger partial charge in [-0.05, 0) is 57.0 Å². The fraction of sp³-hybridized carbons (Fsp3) is 0.448. The third-order valence-electron chi connectivity index (χ3n) is 7.21. The molecular formula is C29H37N4O5P. The highest BCUT2D eigenvalue weighted by molar-refractivity contribution is 7.53. The number of ether oxygens (including phenoxy) is 2. The standard InChI is InChI=1S/C29H37N4O5P/c1-5-37-39(34,38-6-2)18-21-9-7-20(8-10-21)17-33-19-31-28-27(22-11-13-30-14-12-22)32-24-16-26(36-4)25(35-3)15-23(24)29(28)33/h7-10,15-16,19,22,30H,5-6,11-14,17-18H2,1-4H3. The molecule has 0 unspecified atom stereocenters. The molecule has 2 aromatic carbocycles. The van der Waals surface area contributed by atoms with Crippen LogP contribution < -0.4 is 14.8 Å². The van der Waals surface area contributed by atoms with Gasteiger partial charge < -0.3 is 28.4 Å². The molecule has 0 radical (unpaired) electrons. The number of nitrogens with zero attached hydrogens (tertiary/aromatic N) is 3. The van der Waals surface area contributed by atoms with Crippen molar-refractivity contribution in [2.45, 2.75) is 45.3 Å². The molecule has 4 aromatic rings. The predicted octanol–water partition coefficient (Wildman–Crippen LogP) is 5.88. The summed E-state index contributed by atoms with van der Waals surface area (Å²) in [5.74, 6) is 1.67. The molecule has 0 aliphatic carbocycles. The molecule has 1 fully saturated rings. The minimum atomic E-state index is -3.16. The number of imidazole rings is 1. The highest BCUT2D eigenvalue weighted by Crippen LogP contribution is 2.51. The van der Waals surface area contributed by atoms with Crippen molar-refractivity contribution in [1.29, 1.82) is 0 Å². The molecule has 9 nitrogen and oxygen atoms in total. The zero-order chi connectivity index (χ0) is 27.4. The Morgan fingerprint density at radius 3 is 2.26 bits per heavy atom. The monoisotopic (exact) mass is 552 g/mol. The number of hydrogen-bond acceptors (Lipinski definition) is 8. The first-order valence-electron chi connectivity index (χ1n) is 13.6. The van der Waals surface area contributed by atoms with Gasteiger partial charge in [0.2, 0.25) is 0 Å². The molecule has 0 amide bonds. The van der Waals surface area contributed by atoms with Gasteiger partial charge in [-0.2, -0.15) is 0 Å². The summed E-state index contributed by atoms with van der Waals surface area (Å²) in [5, 5.41) is 4.43. The van der Waals surface area contributed by atoms with Gasteiger partial charge in [0.15, 0.2) is 11.5 Å². The second-order valence-corrected chi connectivity index (χ2v) is 11.8. The van der Waals surface area contributed by atoms with Gasteiger partial charge in [-0.15, -0.1) is 0 Å². The Morgan fingerprint density at radius 1 is 0.974 bits per heavy atom. The van der Waals surface area contributed by atoms with Gasteiger partial charge in [0.25, 0.3) is 0 Å². The van der Waals surface area contributed by atoms with Crippen LogP contribution >= 0.6 is 7.60 Å². The molecule has 3 heterocycles. The van der Waals surface area contributed by atoms with Gasteiger partial charge >= 0.3 is 7.60 Å². The summed E-state index contributed by atoms with van der Waals surface area (Å²) in [5.41, 5.74) is 5.91. The van der Waals surface area contributed by atoms with Crippen molar-refractivity contribution >= 4 is 29.5 Å². The number of fused-ring (bicyclic) bond motifs is 3. The Morgan fingerprint density at radius 2 is 1.62 bits per heavy atom. The first-order chi connectivity index (χ1) is 19.0. The van der Waals surface area contributed by atoms with Crippen molar-refractivity contribution < 1.29 is 23.1 Å². The largest absolute Gasteiger partial charge is 0.493 e. The molecule has 1 saturated heterocycles. The SMILES string of the molecule is CCOP(=O)(Cc1ccc(Cn2cnc3c(C4CCNCC4)nc4cc(OC)c(OC)cc4c32)cc1)OCC. The van der Waals surface area contributed by atoms with Crippen molar-refractivity contribution in [3.63, 3.8) is 0 Å². The van der Waals surface area contributed by atoms with Crippen LogP contribution in [0.4, 0.5) is 0 Å². The zero-order valence-corrected chi connectivity index (χ0v) is 24.0. The number of rotatable bonds is 11. The van der Waals surface area contributed by atoms with E-state index >= 15 is 0 Å². The molecule has 1 aliphatic rings. The molecule has 0 spiro atoms. The van der Waals surface area contributed by atoms with Crippen LogP contribution in [0.2, 0.25) is 0 Å². The van der Waals surface area contributed by atoms with E-state index in [9.17, 15) is 4.57 Å². The quantitative estimate of drug-likeness (QED) is 0.230. The van der Waals surface area contributed by atoms with Gasteiger partial charge in [-0.3, -0.25) is 4.57 Å². The van der Waals surface area contributed by atoms with Crippen molar-refractivity contribution in [3.8, 4) is 11.5 Å². The fourth-order valence-corrected chi connectivity index (χ4v) is 7.08. The summed E-state index contributed by atoms with van der Waals surface area (Å²) in [6, 6.07) is 12.1. The summed E-state index contributed by atoms with van der Waals surface area (Å²) >= 11 is 0. The normalized spacial score (nSPS) is 14.8. The van der Waals surface area contributed by atoms with E-state index in [1.807, 2.05) is 44.4 Å². The van der Waals surface area contributed by atoms with Crippen molar-refractivity contribution in [2.24, 2.45) is 0 Å². The lowest BCUT2D eigenvalue weighted by molar-refractivity contribution is 0.219. The van der Waals surface area contributed by atoms with Crippen LogP contribution in [0.5, 0.6) is 11.5 Å². The van der Waals surface area contributed by atoms with E-state index in [0.717, 1.165) is 64.7 Å². The average Bonchev–Trinajstić information content (AvgIpc) is 3.37. The van der Waals surface area contributed by atoms with Gasteiger partial charge in [0, 0.05) is 23.9 Å². The van der Waals surface area contributed by atoms with E-state index in [1.54, 1.807) is 14.2 Å². The van der Waals surface area contributed by atoms with Crippen molar-refractivity contribution in [1.82, 2.24) is 19.9 Å². The van der Waals surface area contributed by atoms with Gasteiger partial charge in [-0.1, -0.05) is 24.3 Å². The van der Waals surface area contributed by atoms with E-state index in [0.29, 0.717) is 37.2 Å². The van der Waals surface area contributed by atoms with Crippen LogP contribution in [-0.4, -0.2) is 55.1 Å². The van der Waals surface area contributed by atoms with E-state index in [1.165, 1.54) is 0 Å². The minimum absolute atomic E-state index is 0.251. The van der Waals surface area contributed by atoms with E-state index < -0.39 is 7.60 Å². The highest BCUT2D eigenvalue weighted by atomic mass is 31.2. The molecule has 39 heavy (non-hydrogen) atoms. The summed E-state index contributed by atoms with van der Waals surface area (Å²) in [7, 11) is 0.134. The van der Waals surface area contributed by atoms with Crippen LogP contribution in [0.1, 0.15) is 49.4 Å². The third kappa shape index (κ3) is 5.82. The topological polar surface area (TPSA) is 96.7 Å². The molecule has 1 aliphatic heterocycles. The lowest BCUT2D eigenvalue weighted by Gasteiger charge is -2.23. The second kappa shape index (κ2) is 12.0. The van der Waals surface area contributed by atoms with Crippen LogP contribution in [0, 0.1) is 0 Å². The molecule has 0 atom stereocenters. The van der Waals surface area contributed by atoms with Gasteiger partial charge in [-0.25, -0.2) is 9.97 Å². The van der Waals surface area contributed by atoms with Crippen LogP contribution in [0.15, 0.2) is 42.7 Å². The maximum atomic E-state index is 13.0. The maximum absolute atomic E-state index is 13.0. The number of methoxy groups -OCH3 is 2. The average molecular weight is 553 g/mol. The Balaban J connectivity index is 1.53. The van der Waals surface area contributed by atoms with Crippen LogP contribution in [0.3, 0.4) is 0 Å². The molecule has 2 aromatic heterocycles. The van der Waals surface area contributed by atoms with Crippen molar-refractivity contribution in [2.75, 3.05) is 40.5 Å². The lowest BCUT2D eigenvalue weighted by atomic mass is 9.92. The third-order valence-corrected chi connectivity index (χ3v) is 9.26. The van der Waals surface area contributed by atoms with E-state index in [4.69, 9.17) is 28.5 Å². The highest BCUT2D eigenvalue weighted by Gasteiger charge is 2.25. The van der Waals surface area contributed by atoms with Crippen LogP contribution in [-0.2, 0) is 26.3 Å². The summed E-state index contributed by atoms with van der Waals surface area (Å²) in [6.45, 7) is 6.93. The number of aromatic nitrogens is 3.